The van der Waals surface area contributed by atoms with Crippen LogP contribution in [-0.4, -0.2) is 0 Å². The molecule has 0 radical (unpaired) electrons. The average Bonchev–Trinajstić information content (AvgIpc) is 2.32. The lowest BCUT2D eigenvalue weighted by Crippen LogP contribution is -2.01. The van der Waals surface area contributed by atoms with Gasteiger partial charge in [-0.25, -0.2) is 8.78 Å². The molecular formula is C13H10F2IN. The summed E-state index contributed by atoms with van der Waals surface area (Å²) in [5.74, 6) is -1.63. The van der Waals surface area contributed by atoms with Crippen molar-refractivity contribution in [2.24, 2.45) is 0 Å². The Morgan fingerprint density at radius 1 is 1.00 bits per heavy atom. The van der Waals surface area contributed by atoms with Crippen LogP contribution in [0.4, 0.5) is 14.5 Å². The second kappa shape index (κ2) is 5.44. The van der Waals surface area contributed by atoms with Crippen LogP contribution in [0, 0.1) is 15.2 Å². The Labute approximate surface area is 112 Å². The van der Waals surface area contributed by atoms with Gasteiger partial charge in [-0.3, -0.25) is 0 Å². The normalized spacial score (nSPS) is 10.3. The topological polar surface area (TPSA) is 12.0 Å². The van der Waals surface area contributed by atoms with Crippen LogP contribution in [0.1, 0.15) is 5.56 Å². The molecule has 0 amide bonds. The number of anilines is 1. The molecule has 0 unspecified atom stereocenters. The Bertz CT molecular complexity index is 529. The Balaban J connectivity index is 2.08. The van der Waals surface area contributed by atoms with Gasteiger partial charge in [0.05, 0.1) is 0 Å². The maximum atomic E-state index is 13.0. The molecule has 17 heavy (non-hydrogen) atoms. The zero-order chi connectivity index (χ0) is 12.3. The summed E-state index contributed by atoms with van der Waals surface area (Å²) in [5, 5.41) is 3.18. The number of nitrogens with one attached hydrogen (secondary N) is 1. The Morgan fingerprint density at radius 3 is 2.47 bits per heavy atom. The van der Waals surface area contributed by atoms with Crippen LogP contribution in [0.3, 0.4) is 0 Å². The lowest BCUT2D eigenvalue weighted by molar-refractivity contribution is 0.507. The molecule has 2 rings (SSSR count). The fourth-order valence-corrected chi connectivity index (χ4v) is 2.03. The van der Waals surface area contributed by atoms with E-state index in [4.69, 9.17) is 0 Å². The minimum Gasteiger partial charge on any atom is -0.380 e. The molecule has 0 aliphatic heterocycles. The van der Waals surface area contributed by atoms with E-state index in [1.54, 1.807) is 6.07 Å². The second-order valence-electron chi connectivity index (χ2n) is 3.58. The molecular weight excluding hydrogens is 335 g/mol. The van der Waals surface area contributed by atoms with Crippen molar-refractivity contribution in [1.29, 1.82) is 0 Å². The van der Waals surface area contributed by atoms with E-state index in [1.807, 2.05) is 24.3 Å². The van der Waals surface area contributed by atoms with Gasteiger partial charge in [-0.1, -0.05) is 18.2 Å². The zero-order valence-electron chi connectivity index (χ0n) is 8.88. The van der Waals surface area contributed by atoms with E-state index in [-0.39, 0.29) is 0 Å². The summed E-state index contributed by atoms with van der Waals surface area (Å²) in [4.78, 5) is 0. The monoisotopic (exact) mass is 345 g/mol. The summed E-state index contributed by atoms with van der Waals surface area (Å²) in [6.07, 6.45) is 0. The molecule has 0 saturated heterocycles. The summed E-state index contributed by atoms with van der Waals surface area (Å²) < 4.78 is 26.8. The van der Waals surface area contributed by atoms with Crippen LogP contribution in [0.2, 0.25) is 0 Å². The molecule has 0 atom stereocenters. The van der Waals surface area contributed by atoms with Crippen molar-refractivity contribution < 1.29 is 8.78 Å². The molecule has 1 N–H and O–H groups in total. The van der Waals surface area contributed by atoms with Gasteiger partial charge >= 0.3 is 0 Å². The van der Waals surface area contributed by atoms with Gasteiger partial charge in [-0.05, 0) is 52.4 Å². The van der Waals surface area contributed by atoms with Crippen LogP contribution >= 0.6 is 22.6 Å². The molecule has 0 spiro atoms. The minimum absolute atomic E-state index is 0.469. The first-order chi connectivity index (χ1) is 8.16. The highest BCUT2D eigenvalue weighted by Crippen LogP contribution is 2.18. The molecule has 4 heteroatoms. The Kier molecular flexibility index (Phi) is 3.93. The van der Waals surface area contributed by atoms with Crippen molar-refractivity contribution in [1.82, 2.24) is 0 Å². The number of hydrogen-bond donors (Lipinski definition) is 1. The van der Waals surface area contributed by atoms with Gasteiger partial charge in [0.2, 0.25) is 0 Å². The molecule has 0 aliphatic carbocycles. The lowest BCUT2D eigenvalue weighted by Gasteiger charge is -2.08. The summed E-state index contributed by atoms with van der Waals surface area (Å²) in [7, 11) is 0. The van der Waals surface area contributed by atoms with Gasteiger partial charge in [0, 0.05) is 15.8 Å². The third-order valence-electron chi connectivity index (χ3n) is 2.34. The molecule has 2 aromatic rings. The van der Waals surface area contributed by atoms with Crippen molar-refractivity contribution in [3.8, 4) is 0 Å². The fourth-order valence-electron chi connectivity index (χ4n) is 1.45. The van der Waals surface area contributed by atoms with Gasteiger partial charge in [0.25, 0.3) is 0 Å². The van der Waals surface area contributed by atoms with E-state index >= 15 is 0 Å². The summed E-state index contributed by atoms with van der Waals surface area (Å²) >= 11 is 2.22. The molecule has 0 heterocycles. The van der Waals surface area contributed by atoms with E-state index in [9.17, 15) is 8.78 Å². The predicted octanol–water partition coefficient (Wildman–Crippen LogP) is 4.18. The molecule has 0 aliphatic rings. The third-order valence-corrected chi connectivity index (χ3v) is 3.28. The van der Waals surface area contributed by atoms with Crippen LogP contribution in [0.25, 0.3) is 0 Å². The summed E-state index contributed by atoms with van der Waals surface area (Å²) in [6, 6.07) is 11.7. The maximum Gasteiger partial charge on any atom is 0.159 e. The molecule has 0 saturated carbocycles. The molecule has 0 aromatic heterocycles. The highest BCUT2D eigenvalue weighted by Gasteiger charge is 2.03. The van der Waals surface area contributed by atoms with Crippen LogP contribution in [-0.2, 0) is 6.54 Å². The average molecular weight is 345 g/mol. The van der Waals surface area contributed by atoms with Gasteiger partial charge in [-0.2, -0.15) is 0 Å². The lowest BCUT2D eigenvalue weighted by atomic mass is 10.2. The standard InChI is InChI=1S/C13H10F2IN/c14-10-6-5-9(7-11(10)15)8-17-13-4-2-1-3-12(13)16/h1-7,17H,8H2. The fraction of sp³-hybridized carbons (Fsp3) is 0.0769. The SMILES string of the molecule is Fc1ccc(CNc2ccccc2I)cc1F. The smallest absolute Gasteiger partial charge is 0.159 e. The summed E-state index contributed by atoms with van der Waals surface area (Å²) in [6.45, 7) is 0.469. The van der Waals surface area contributed by atoms with Gasteiger partial charge in [0.15, 0.2) is 11.6 Å². The predicted molar refractivity (Wildman–Crippen MR) is 72.8 cm³/mol. The number of hydrogen-bond acceptors (Lipinski definition) is 1. The Hall–Kier alpha value is -1.17. The van der Waals surface area contributed by atoms with Crippen molar-refractivity contribution >= 4 is 28.3 Å². The van der Waals surface area contributed by atoms with Crippen LogP contribution in [0.5, 0.6) is 0 Å². The molecule has 0 fully saturated rings. The van der Waals surface area contributed by atoms with Crippen molar-refractivity contribution in [2.45, 2.75) is 6.54 Å². The van der Waals surface area contributed by atoms with Crippen molar-refractivity contribution in [2.75, 3.05) is 5.32 Å². The highest BCUT2D eigenvalue weighted by atomic mass is 127. The van der Waals surface area contributed by atoms with Gasteiger partial charge < -0.3 is 5.32 Å². The molecule has 1 nitrogen and oxygen atoms in total. The summed E-state index contributed by atoms with van der Waals surface area (Å²) in [5.41, 5.74) is 1.70. The first kappa shape index (κ1) is 12.3. The van der Waals surface area contributed by atoms with E-state index < -0.39 is 11.6 Å². The number of rotatable bonds is 3. The minimum atomic E-state index is -0.817. The zero-order valence-corrected chi connectivity index (χ0v) is 11.0. The second-order valence-corrected chi connectivity index (χ2v) is 4.74. The largest absolute Gasteiger partial charge is 0.380 e. The number of benzene rings is 2. The molecule has 0 bridgehead atoms. The van der Waals surface area contributed by atoms with Crippen molar-refractivity contribution in [3.05, 3.63) is 63.2 Å². The highest BCUT2D eigenvalue weighted by molar-refractivity contribution is 14.1. The first-order valence-electron chi connectivity index (χ1n) is 5.09. The number of halogens is 3. The molecule has 2 aromatic carbocycles. The van der Waals surface area contributed by atoms with Gasteiger partial charge in [-0.15, -0.1) is 0 Å². The quantitative estimate of drug-likeness (QED) is 0.823. The van der Waals surface area contributed by atoms with E-state index in [1.165, 1.54) is 6.07 Å². The number of para-hydroxylation sites is 1. The first-order valence-corrected chi connectivity index (χ1v) is 6.17. The van der Waals surface area contributed by atoms with Crippen LogP contribution < -0.4 is 5.32 Å². The van der Waals surface area contributed by atoms with Crippen molar-refractivity contribution in [3.63, 3.8) is 0 Å². The van der Waals surface area contributed by atoms with Crippen LogP contribution in [0.15, 0.2) is 42.5 Å². The third kappa shape index (κ3) is 3.15. The Morgan fingerprint density at radius 2 is 1.76 bits per heavy atom. The van der Waals surface area contributed by atoms with Gasteiger partial charge in [0.1, 0.15) is 0 Å². The van der Waals surface area contributed by atoms with E-state index in [0.29, 0.717) is 12.1 Å². The maximum absolute atomic E-state index is 13.0. The van der Waals surface area contributed by atoms with E-state index in [2.05, 4.69) is 27.9 Å². The van der Waals surface area contributed by atoms with E-state index in [0.717, 1.165) is 15.3 Å². The molecule has 88 valence electrons.